The van der Waals surface area contributed by atoms with Gasteiger partial charge in [-0.15, -0.1) is 0 Å². The van der Waals surface area contributed by atoms with Crippen LogP contribution in [0.3, 0.4) is 0 Å². The monoisotopic (exact) mass is 210 g/mol. The Bertz CT molecular complexity index is 315. The summed E-state index contributed by atoms with van der Waals surface area (Å²) < 4.78 is 10.1. The molecule has 1 aromatic rings. The van der Waals surface area contributed by atoms with Crippen molar-refractivity contribution in [3.8, 4) is 11.5 Å². The number of Topliss-reactive ketones (excluding diaryl/α,β-unsaturated/α-hetero) is 1. The molecule has 0 amide bonds. The molecular formula is C12H18O3. The van der Waals surface area contributed by atoms with Crippen molar-refractivity contribution in [1.82, 2.24) is 0 Å². The molecule has 0 fully saturated rings. The molecule has 3 heteroatoms. The third kappa shape index (κ3) is 5.73. The molecule has 1 aromatic carbocycles. The van der Waals surface area contributed by atoms with Crippen molar-refractivity contribution in [2.45, 2.75) is 20.8 Å². The van der Waals surface area contributed by atoms with Gasteiger partial charge in [0.15, 0.2) is 0 Å². The Morgan fingerprint density at radius 2 is 1.67 bits per heavy atom. The lowest BCUT2D eigenvalue weighted by Crippen LogP contribution is -1.88. The number of carbonyl (C=O) groups excluding carboxylic acids is 1. The number of aryl methyl sites for hydroxylation is 1. The summed E-state index contributed by atoms with van der Waals surface area (Å²) in [5.74, 6) is 1.86. The molecule has 0 aliphatic rings. The molecule has 84 valence electrons. The SMILES string of the molecule is CC(C)=O.COc1ccc(C)c(OC)c1. The van der Waals surface area contributed by atoms with Gasteiger partial charge in [-0.05, 0) is 32.4 Å². The van der Waals surface area contributed by atoms with Gasteiger partial charge in [0.2, 0.25) is 0 Å². The Morgan fingerprint density at radius 1 is 1.13 bits per heavy atom. The minimum atomic E-state index is 0.167. The molecule has 0 aromatic heterocycles. The average Bonchev–Trinajstić information content (AvgIpc) is 2.18. The summed E-state index contributed by atoms with van der Waals surface area (Å²) in [7, 11) is 3.30. The zero-order valence-electron chi connectivity index (χ0n) is 9.96. The minimum Gasteiger partial charge on any atom is -0.497 e. The van der Waals surface area contributed by atoms with Crippen molar-refractivity contribution in [3.05, 3.63) is 23.8 Å². The normalized spacial score (nSPS) is 8.60. The van der Waals surface area contributed by atoms with Crippen LogP contribution in [0, 0.1) is 6.92 Å². The molecule has 0 aliphatic heterocycles. The number of rotatable bonds is 2. The van der Waals surface area contributed by atoms with Crippen molar-refractivity contribution in [2.75, 3.05) is 14.2 Å². The van der Waals surface area contributed by atoms with Crippen LogP contribution >= 0.6 is 0 Å². The summed E-state index contributed by atoms with van der Waals surface area (Å²) in [6.45, 7) is 5.05. The number of methoxy groups -OCH3 is 2. The van der Waals surface area contributed by atoms with Gasteiger partial charge < -0.3 is 14.3 Å². The lowest BCUT2D eigenvalue weighted by Gasteiger charge is -2.05. The molecule has 0 saturated carbocycles. The van der Waals surface area contributed by atoms with Gasteiger partial charge in [0.25, 0.3) is 0 Å². The molecule has 1 rings (SSSR count). The van der Waals surface area contributed by atoms with E-state index < -0.39 is 0 Å². The second-order valence-electron chi connectivity index (χ2n) is 3.24. The van der Waals surface area contributed by atoms with Crippen LogP contribution in [0.15, 0.2) is 18.2 Å². The van der Waals surface area contributed by atoms with Crippen LogP contribution in [0.25, 0.3) is 0 Å². The Hall–Kier alpha value is -1.51. The Labute approximate surface area is 91.0 Å². The first-order valence-electron chi connectivity index (χ1n) is 4.67. The van der Waals surface area contributed by atoms with Crippen molar-refractivity contribution in [2.24, 2.45) is 0 Å². The highest BCUT2D eigenvalue weighted by atomic mass is 16.5. The van der Waals surface area contributed by atoms with E-state index in [0.717, 1.165) is 17.1 Å². The highest BCUT2D eigenvalue weighted by Crippen LogP contribution is 2.22. The smallest absolute Gasteiger partial charge is 0.126 e. The summed E-state index contributed by atoms with van der Waals surface area (Å²) in [6, 6.07) is 5.75. The maximum absolute atomic E-state index is 9.44. The first-order valence-corrected chi connectivity index (χ1v) is 4.67. The fourth-order valence-electron chi connectivity index (χ4n) is 0.927. The van der Waals surface area contributed by atoms with Crippen LogP contribution in [-0.4, -0.2) is 20.0 Å². The maximum atomic E-state index is 9.44. The van der Waals surface area contributed by atoms with Gasteiger partial charge >= 0.3 is 0 Å². The van der Waals surface area contributed by atoms with E-state index in [4.69, 9.17) is 9.47 Å². The summed E-state index contributed by atoms with van der Waals surface area (Å²) in [4.78, 5) is 9.44. The number of ether oxygens (including phenoxy) is 2. The molecule has 0 unspecified atom stereocenters. The second-order valence-corrected chi connectivity index (χ2v) is 3.24. The summed E-state index contributed by atoms with van der Waals surface area (Å²) in [5.41, 5.74) is 1.12. The van der Waals surface area contributed by atoms with Crippen LogP contribution < -0.4 is 9.47 Å². The summed E-state index contributed by atoms with van der Waals surface area (Å²) in [6.07, 6.45) is 0. The van der Waals surface area contributed by atoms with Crippen LogP contribution in [0.1, 0.15) is 19.4 Å². The van der Waals surface area contributed by atoms with Gasteiger partial charge in [-0.2, -0.15) is 0 Å². The number of hydrogen-bond acceptors (Lipinski definition) is 3. The van der Waals surface area contributed by atoms with Crippen LogP contribution in [0.4, 0.5) is 0 Å². The molecule has 0 heterocycles. The lowest BCUT2D eigenvalue weighted by molar-refractivity contribution is -0.114. The molecule has 0 N–H and O–H groups in total. The topological polar surface area (TPSA) is 35.5 Å². The van der Waals surface area contributed by atoms with Gasteiger partial charge in [-0.3, -0.25) is 0 Å². The minimum absolute atomic E-state index is 0.167. The van der Waals surface area contributed by atoms with Gasteiger partial charge in [-0.1, -0.05) is 6.07 Å². The Balaban J connectivity index is 0.000000423. The molecule has 0 bridgehead atoms. The molecule has 0 spiro atoms. The quantitative estimate of drug-likeness (QED) is 0.752. The fourth-order valence-corrected chi connectivity index (χ4v) is 0.927. The van der Waals surface area contributed by atoms with Gasteiger partial charge in [0.1, 0.15) is 17.3 Å². The highest BCUT2D eigenvalue weighted by Gasteiger charge is 1.98. The molecular weight excluding hydrogens is 192 g/mol. The number of carbonyl (C=O) groups is 1. The van der Waals surface area contributed by atoms with Crippen LogP contribution in [-0.2, 0) is 4.79 Å². The average molecular weight is 210 g/mol. The van der Waals surface area contributed by atoms with Gasteiger partial charge in [0, 0.05) is 6.07 Å². The first kappa shape index (κ1) is 13.5. The van der Waals surface area contributed by atoms with E-state index in [1.807, 2.05) is 25.1 Å². The molecule has 3 nitrogen and oxygen atoms in total. The highest BCUT2D eigenvalue weighted by molar-refractivity contribution is 5.72. The van der Waals surface area contributed by atoms with E-state index in [2.05, 4.69) is 0 Å². The van der Waals surface area contributed by atoms with E-state index >= 15 is 0 Å². The van der Waals surface area contributed by atoms with E-state index in [-0.39, 0.29) is 5.78 Å². The van der Waals surface area contributed by atoms with E-state index in [0.29, 0.717) is 0 Å². The number of hydrogen-bond donors (Lipinski definition) is 0. The largest absolute Gasteiger partial charge is 0.497 e. The standard InChI is InChI=1S/C9H12O2.C3H6O/c1-7-4-5-8(10-2)6-9(7)11-3;1-3(2)4/h4-6H,1-3H3;1-2H3. The Kier molecular flexibility index (Phi) is 6.18. The molecule has 0 aliphatic carbocycles. The molecule has 15 heavy (non-hydrogen) atoms. The third-order valence-corrected chi connectivity index (χ3v) is 1.62. The van der Waals surface area contributed by atoms with E-state index in [9.17, 15) is 4.79 Å². The zero-order chi connectivity index (χ0) is 11.8. The van der Waals surface area contributed by atoms with Crippen molar-refractivity contribution < 1.29 is 14.3 Å². The fraction of sp³-hybridized carbons (Fsp3) is 0.417. The summed E-state index contributed by atoms with van der Waals surface area (Å²) >= 11 is 0. The predicted molar refractivity (Wildman–Crippen MR) is 60.6 cm³/mol. The van der Waals surface area contributed by atoms with Gasteiger partial charge in [-0.25, -0.2) is 0 Å². The maximum Gasteiger partial charge on any atom is 0.126 e. The van der Waals surface area contributed by atoms with Gasteiger partial charge in [0.05, 0.1) is 14.2 Å². The van der Waals surface area contributed by atoms with E-state index in [1.165, 1.54) is 13.8 Å². The number of ketones is 1. The van der Waals surface area contributed by atoms with E-state index in [1.54, 1.807) is 14.2 Å². The third-order valence-electron chi connectivity index (χ3n) is 1.62. The number of benzene rings is 1. The van der Waals surface area contributed by atoms with Crippen molar-refractivity contribution >= 4 is 5.78 Å². The van der Waals surface area contributed by atoms with Crippen molar-refractivity contribution in [1.29, 1.82) is 0 Å². The molecule has 0 atom stereocenters. The van der Waals surface area contributed by atoms with Crippen molar-refractivity contribution in [3.63, 3.8) is 0 Å². The lowest BCUT2D eigenvalue weighted by atomic mass is 10.2. The Morgan fingerprint density at radius 3 is 2.07 bits per heavy atom. The molecule has 0 saturated heterocycles. The summed E-state index contributed by atoms with van der Waals surface area (Å²) in [5, 5.41) is 0. The predicted octanol–water partition coefficient (Wildman–Crippen LogP) is 2.61. The van der Waals surface area contributed by atoms with Crippen LogP contribution in [0.2, 0.25) is 0 Å². The molecule has 0 radical (unpaired) electrons. The van der Waals surface area contributed by atoms with Crippen LogP contribution in [0.5, 0.6) is 11.5 Å². The first-order chi connectivity index (χ1) is 7.01. The second kappa shape index (κ2) is 6.87. The zero-order valence-corrected chi connectivity index (χ0v) is 9.96.